The van der Waals surface area contributed by atoms with Gasteiger partial charge in [0.05, 0.1) is 23.0 Å². The summed E-state index contributed by atoms with van der Waals surface area (Å²) in [5.74, 6) is -0.709. The van der Waals surface area contributed by atoms with Crippen molar-refractivity contribution in [3.8, 4) is 6.07 Å². The summed E-state index contributed by atoms with van der Waals surface area (Å²) in [5.41, 5.74) is 1.08. The van der Waals surface area contributed by atoms with Crippen LogP contribution in [-0.2, 0) is 4.79 Å². The Hall–Kier alpha value is -3.00. The van der Waals surface area contributed by atoms with Gasteiger partial charge in [-0.2, -0.15) is 5.26 Å². The number of hydrogen-bond acceptors (Lipinski definition) is 3. The molecule has 2 aromatic carbocycles. The topological polar surface area (TPSA) is 65.2 Å². The third-order valence-corrected chi connectivity index (χ3v) is 5.23. The van der Waals surface area contributed by atoms with Gasteiger partial charge in [0.25, 0.3) is 5.91 Å². The van der Waals surface area contributed by atoms with Crippen LogP contribution in [0.2, 0.25) is 0 Å². The predicted molar refractivity (Wildman–Crippen MR) is 114 cm³/mol. The molecule has 0 unspecified atom stereocenters. The standard InChI is InChI=1S/C18H14FN3O.C6H12/c1-18(2)17(23)21-15-8-7-11(10-20)9-13(15)16(22-18)12-5-3-4-6-14(12)19;1-2-4-6-5-3-1/h3-9H,1-2H3,(H,21,23);1-6H2. The predicted octanol–water partition coefficient (Wildman–Crippen LogP) is 5.61. The van der Waals surface area contributed by atoms with Gasteiger partial charge >= 0.3 is 0 Å². The molecule has 0 spiro atoms. The number of amides is 1. The first-order valence-corrected chi connectivity index (χ1v) is 10.1. The Morgan fingerprint density at radius 2 is 1.62 bits per heavy atom. The second-order valence-corrected chi connectivity index (χ2v) is 7.95. The molecule has 1 amide bonds. The highest BCUT2D eigenvalue weighted by molar-refractivity contribution is 6.20. The number of benzodiazepines with no additional fused rings is 1. The number of hydrogen-bond donors (Lipinski definition) is 1. The van der Waals surface area contributed by atoms with Crippen molar-refractivity contribution in [2.75, 3.05) is 5.32 Å². The Kier molecular flexibility index (Phi) is 6.43. The van der Waals surface area contributed by atoms with E-state index in [1.807, 2.05) is 0 Å². The number of nitrogens with zero attached hydrogens (tertiary/aromatic N) is 2. The molecule has 4 nitrogen and oxygen atoms in total. The highest BCUT2D eigenvalue weighted by atomic mass is 19.1. The molecule has 2 aromatic rings. The molecule has 0 aromatic heterocycles. The number of aliphatic imine (C=N–C) groups is 1. The van der Waals surface area contributed by atoms with Gasteiger partial charge in [0, 0.05) is 11.1 Å². The van der Waals surface area contributed by atoms with E-state index in [2.05, 4.69) is 16.4 Å². The number of anilines is 1. The van der Waals surface area contributed by atoms with Crippen molar-refractivity contribution in [2.24, 2.45) is 4.99 Å². The van der Waals surface area contributed by atoms with E-state index in [-0.39, 0.29) is 5.91 Å². The summed E-state index contributed by atoms with van der Waals surface area (Å²) in [7, 11) is 0. The lowest BCUT2D eigenvalue weighted by atomic mass is 9.98. The molecule has 2 aliphatic rings. The van der Waals surface area contributed by atoms with E-state index in [1.165, 1.54) is 44.6 Å². The molecule has 1 aliphatic heterocycles. The first-order chi connectivity index (χ1) is 13.9. The van der Waals surface area contributed by atoms with Crippen LogP contribution in [0.15, 0.2) is 47.5 Å². The highest BCUT2D eigenvalue weighted by Gasteiger charge is 2.33. The number of nitrogens with one attached hydrogen (secondary N) is 1. The van der Waals surface area contributed by atoms with Gasteiger partial charge in [0.2, 0.25) is 0 Å². The zero-order valence-electron chi connectivity index (χ0n) is 17.0. The van der Waals surface area contributed by atoms with Crippen LogP contribution in [0.1, 0.15) is 69.1 Å². The van der Waals surface area contributed by atoms with Crippen molar-refractivity contribution in [1.82, 2.24) is 0 Å². The van der Waals surface area contributed by atoms with E-state index in [1.54, 1.807) is 50.2 Å². The van der Waals surface area contributed by atoms with E-state index < -0.39 is 11.4 Å². The summed E-state index contributed by atoms with van der Waals surface area (Å²) < 4.78 is 14.3. The van der Waals surface area contributed by atoms with Crippen LogP contribution in [0.4, 0.5) is 10.1 Å². The first kappa shape index (κ1) is 20.7. The second kappa shape index (κ2) is 9.00. The monoisotopic (exact) mass is 391 g/mol. The zero-order valence-corrected chi connectivity index (χ0v) is 17.0. The molecule has 29 heavy (non-hydrogen) atoms. The van der Waals surface area contributed by atoms with Crippen molar-refractivity contribution in [3.05, 3.63) is 65.0 Å². The summed E-state index contributed by atoms with van der Waals surface area (Å²) in [6, 6.07) is 13.2. The van der Waals surface area contributed by atoms with Crippen molar-refractivity contribution in [1.29, 1.82) is 5.26 Å². The average Bonchev–Trinajstić information content (AvgIpc) is 2.84. The van der Waals surface area contributed by atoms with E-state index >= 15 is 0 Å². The van der Waals surface area contributed by atoms with Crippen molar-refractivity contribution in [2.45, 2.75) is 57.9 Å². The molecular weight excluding hydrogens is 365 g/mol. The zero-order chi connectivity index (χ0) is 20.9. The Morgan fingerprint density at radius 1 is 1.00 bits per heavy atom. The largest absolute Gasteiger partial charge is 0.323 e. The number of carbonyl (C=O) groups excluding carboxylic acids is 1. The summed E-state index contributed by atoms with van der Waals surface area (Å²) in [4.78, 5) is 16.8. The SMILES string of the molecule is C1CCCCC1.CC1(C)N=C(c2ccccc2F)c2cc(C#N)ccc2NC1=O. The number of rotatable bonds is 1. The van der Waals surface area contributed by atoms with Crippen LogP contribution in [0.25, 0.3) is 0 Å². The second-order valence-electron chi connectivity index (χ2n) is 7.95. The molecule has 0 radical (unpaired) electrons. The Labute approximate surface area is 171 Å². The van der Waals surface area contributed by atoms with Crippen LogP contribution in [0.5, 0.6) is 0 Å². The first-order valence-electron chi connectivity index (χ1n) is 10.1. The molecular formula is C24H26FN3O. The fourth-order valence-electron chi connectivity index (χ4n) is 3.50. The molecule has 5 heteroatoms. The molecule has 4 rings (SSSR count). The minimum Gasteiger partial charge on any atom is -0.323 e. The maximum Gasteiger partial charge on any atom is 0.251 e. The minimum absolute atomic E-state index is 0.283. The lowest BCUT2D eigenvalue weighted by Crippen LogP contribution is -2.34. The van der Waals surface area contributed by atoms with Gasteiger partial charge < -0.3 is 5.32 Å². The van der Waals surface area contributed by atoms with Crippen molar-refractivity contribution in [3.63, 3.8) is 0 Å². The van der Waals surface area contributed by atoms with Gasteiger partial charge in [-0.25, -0.2) is 4.39 Å². The summed E-state index contributed by atoms with van der Waals surface area (Å²) in [6.07, 6.45) is 9.00. The smallest absolute Gasteiger partial charge is 0.251 e. The summed E-state index contributed by atoms with van der Waals surface area (Å²) >= 11 is 0. The van der Waals surface area contributed by atoms with E-state index in [0.29, 0.717) is 28.1 Å². The van der Waals surface area contributed by atoms with Crippen LogP contribution in [0.3, 0.4) is 0 Å². The van der Waals surface area contributed by atoms with Gasteiger partial charge in [-0.3, -0.25) is 9.79 Å². The Balaban J connectivity index is 0.000000343. The molecule has 0 saturated heterocycles. The molecule has 1 fully saturated rings. The van der Waals surface area contributed by atoms with Crippen LogP contribution >= 0.6 is 0 Å². The maximum absolute atomic E-state index is 14.3. The van der Waals surface area contributed by atoms with Gasteiger partial charge in [-0.15, -0.1) is 0 Å². The van der Waals surface area contributed by atoms with Crippen LogP contribution in [-0.4, -0.2) is 17.2 Å². The number of nitriles is 1. The number of fused-ring (bicyclic) bond motifs is 1. The van der Waals surface area contributed by atoms with Gasteiger partial charge in [-0.05, 0) is 44.2 Å². The van der Waals surface area contributed by atoms with Gasteiger partial charge in [-0.1, -0.05) is 50.7 Å². The molecule has 1 saturated carbocycles. The van der Waals surface area contributed by atoms with Crippen LogP contribution < -0.4 is 5.32 Å². The van der Waals surface area contributed by atoms with E-state index in [0.717, 1.165) is 0 Å². The van der Waals surface area contributed by atoms with Crippen molar-refractivity contribution >= 4 is 17.3 Å². The average molecular weight is 391 g/mol. The third-order valence-electron chi connectivity index (χ3n) is 5.23. The summed E-state index contributed by atoms with van der Waals surface area (Å²) in [5, 5.41) is 11.9. The molecule has 1 heterocycles. The number of carbonyl (C=O) groups is 1. The molecule has 1 aliphatic carbocycles. The number of benzene rings is 2. The number of halogens is 1. The third kappa shape index (κ3) is 4.89. The van der Waals surface area contributed by atoms with Crippen molar-refractivity contribution < 1.29 is 9.18 Å². The Bertz CT molecular complexity index is 957. The van der Waals surface area contributed by atoms with E-state index in [9.17, 15) is 9.18 Å². The lowest BCUT2D eigenvalue weighted by molar-refractivity contribution is -0.119. The fraction of sp³-hybridized carbons (Fsp3) is 0.375. The molecule has 0 bridgehead atoms. The maximum atomic E-state index is 14.3. The summed E-state index contributed by atoms with van der Waals surface area (Å²) in [6.45, 7) is 3.33. The quantitative estimate of drug-likeness (QED) is 0.687. The minimum atomic E-state index is -1.05. The molecule has 150 valence electrons. The fourth-order valence-corrected chi connectivity index (χ4v) is 3.50. The highest BCUT2D eigenvalue weighted by Crippen LogP contribution is 2.29. The Morgan fingerprint density at radius 3 is 2.21 bits per heavy atom. The lowest BCUT2D eigenvalue weighted by Gasteiger charge is -2.17. The molecule has 1 N–H and O–H groups in total. The van der Waals surface area contributed by atoms with Crippen LogP contribution in [0, 0.1) is 17.1 Å². The van der Waals surface area contributed by atoms with Gasteiger partial charge in [0.1, 0.15) is 11.4 Å². The molecule has 0 atom stereocenters. The van der Waals surface area contributed by atoms with Gasteiger partial charge in [0.15, 0.2) is 0 Å². The van der Waals surface area contributed by atoms with E-state index in [4.69, 9.17) is 5.26 Å². The normalized spacial score (nSPS) is 17.4.